The summed E-state index contributed by atoms with van der Waals surface area (Å²) in [5.41, 5.74) is 3.12. The zero-order chi connectivity index (χ0) is 13.7. The van der Waals surface area contributed by atoms with Gasteiger partial charge in [-0.15, -0.1) is 0 Å². The number of ether oxygens (including phenoxy) is 1. The van der Waals surface area contributed by atoms with Crippen molar-refractivity contribution in [1.29, 1.82) is 0 Å². The second kappa shape index (κ2) is 6.29. The SMILES string of the molecule is CCNc1cc(C)nc(-c2ccc(COC)cc2)n1. The van der Waals surface area contributed by atoms with Crippen LogP contribution in [0, 0.1) is 6.92 Å². The van der Waals surface area contributed by atoms with E-state index in [1.807, 2.05) is 37.3 Å². The minimum absolute atomic E-state index is 0.623. The van der Waals surface area contributed by atoms with Gasteiger partial charge in [0.05, 0.1) is 6.61 Å². The Morgan fingerprint density at radius 3 is 2.53 bits per heavy atom. The summed E-state index contributed by atoms with van der Waals surface area (Å²) in [5.74, 6) is 1.62. The molecule has 1 N–H and O–H groups in total. The second-order valence-electron chi connectivity index (χ2n) is 4.38. The average Bonchev–Trinajstić information content (AvgIpc) is 2.40. The zero-order valence-electron chi connectivity index (χ0n) is 11.6. The van der Waals surface area contributed by atoms with E-state index in [2.05, 4.69) is 22.2 Å². The molecular formula is C15H19N3O. The van der Waals surface area contributed by atoms with Gasteiger partial charge < -0.3 is 10.1 Å². The molecule has 1 heterocycles. The number of anilines is 1. The van der Waals surface area contributed by atoms with Crippen LogP contribution in [-0.4, -0.2) is 23.6 Å². The predicted molar refractivity (Wildman–Crippen MR) is 77.1 cm³/mol. The van der Waals surface area contributed by atoms with E-state index < -0.39 is 0 Å². The maximum absolute atomic E-state index is 5.10. The van der Waals surface area contributed by atoms with Gasteiger partial charge in [-0.1, -0.05) is 24.3 Å². The summed E-state index contributed by atoms with van der Waals surface area (Å²) in [6.45, 7) is 5.50. The summed E-state index contributed by atoms with van der Waals surface area (Å²) in [7, 11) is 1.69. The molecule has 0 aliphatic carbocycles. The molecule has 0 aliphatic rings. The molecule has 100 valence electrons. The van der Waals surface area contributed by atoms with E-state index in [1.165, 1.54) is 0 Å². The van der Waals surface area contributed by atoms with Crippen LogP contribution in [0.2, 0.25) is 0 Å². The van der Waals surface area contributed by atoms with Gasteiger partial charge in [0.2, 0.25) is 0 Å². The summed E-state index contributed by atoms with van der Waals surface area (Å²) in [5, 5.41) is 3.22. The van der Waals surface area contributed by atoms with E-state index in [-0.39, 0.29) is 0 Å². The number of aryl methyl sites for hydroxylation is 1. The van der Waals surface area contributed by atoms with Crippen LogP contribution in [0.15, 0.2) is 30.3 Å². The Morgan fingerprint density at radius 2 is 1.89 bits per heavy atom. The highest BCUT2D eigenvalue weighted by Crippen LogP contribution is 2.18. The average molecular weight is 257 g/mol. The smallest absolute Gasteiger partial charge is 0.161 e. The number of nitrogens with one attached hydrogen (secondary N) is 1. The van der Waals surface area contributed by atoms with Crippen molar-refractivity contribution in [3.05, 3.63) is 41.6 Å². The van der Waals surface area contributed by atoms with E-state index in [1.54, 1.807) is 7.11 Å². The Labute approximate surface area is 113 Å². The molecular weight excluding hydrogens is 238 g/mol. The molecule has 0 saturated heterocycles. The van der Waals surface area contributed by atoms with Crippen LogP contribution in [0.1, 0.15) is 18.2 Å². The Hall–Kier alpha value is -1.94. The minimum atomic E-state index is 0.623. The molecule has 0 unspecified atom stereocenters. The van der Waals surface area contributed by atoms with Gasteiger partial charge >= 0.3 is 0 Å². The molecule has 4 nitrogen and oxygen atoms in total. The fourth-order valence-electron chi connectivity index (χ4n) is 1.89. The van der Waals surface area contributed by atoms with Crippen molar-refractivity contribution in [2.24, 2.45) is 0 Å². The number of aromatic nitrogens is 2. The van der Waals surface area contributed by atoms with Crippen LogP contribution in [0.5, 0.6) is 0 Å². The van der Waals surface area contributed by atoms with Crippen LogP contribution in [0.4, 0.5) is 5.82 Å². The Morgan fingerprint density at radius 1 is 1.16 bits per heavy atom. The Balaban J connectivity index is 2.29. The third-order valence-corrected chi connectivity index (χ3v) is 2.74. The van der Waals surface area contributed by atoms with Crippen LogP contribution < -0.4 is 5.32 Å². The summed E-state index contributed by atoms with van der Waals surface area (Å²) >= 11 is 0. The van der Waals surface area contributed by atoms with Crippen LogP contribution in [-0.2, 0) is 11.3 Å². The highest BCUT2D eigenvalue weighted by atomic mass is 16.5. The summed E-state index contributed by atoms with van der Waals surface area (Å²) < 4.78 is 5.10. The lowest BCUT2D eigenvalue weighted by molar-refractivity contribution is 0.185. The first-order valence-electron chi connectivity index (χ1n) is 6.40. The van der Waals surface area contributed by atoms with E-state index in [0.29, 0.717) is 6.61 Å². The third kappa shape index (κ3) is 3.51. The van der Waals surface area contributed by atoms with Crippen molar-refractivity contribution >= 4 is 5.82 Å². The van der Waals surface area contributed by atoms with Crippen molar-refractivity contribution in [2.75, 3.05) is 19.0 Å². The number of methoxy groups -OCH3 is 1. The monoisotopic (exact) mass is 257 g/mol. The van der Waals surface area contributed by atoms with Crippen molar-refractivity contribution in [3.63, 3.8) is 0 Å². The molecule has 0 saturated carbocycles. The summed E-state index contributed by atoms with van der Waals surface area (Å²) in [4.78, 5) is 9.00. The van der Waals surface area contributed by atoms with Gasteiger partial charge in [-0.25, -0.2) is 9.97 Å². The number of hydrogen-bond acceptors (Lipinski definition) is 4. The quantitative estimate of drug-likeness (QED) is 0.894. The van der Waals surface area contributed by atoms with E-state index >= 15 is 0 Å². The maximum Gasteiger partial charge on any atom is 0.161 e. The minimum Gasteiger partial charge on any atom is -0.380 e. The van der Waals surface area contributed by atoms with Crippen molar-refractivity contribution in [2.45, 2.75) is 20.5 Å². The van der Waals surface area contributed by atoms with Crippen LogP contribution in [0.3, 0.4) is 0 Å². The Bertz CT molecular complexity index is 538. The normalized spacial score (nSPS) is 10.5. The number of rotatable bonds is 5. The summed E-state index contributed by atoms with van der Waals surface area (Å²) in [6.07, 6.45) is 0. The molecule has 19 heavy (non-hydrogen) atoms. The fraction of sp³-hybridized carbons (Fsp3) is 0.333. The molecule has 0 spiro atoms. The van der Waals surface area contributed by atoms with Gasteiger partial charge in [0.25, 0.3) is 0 Å². The van der Waals surface area contributed by atoms with Gasteiger partial charge in [0, 0.05) is 31.0 Å². The molecule has 0 radical (unpaired) electrons. The standard InChI is InChI=1S/C15H19N3O/c1-4-16-14-9-11(2)17-15(18-14)13-7-5-12(6-8-13)10-19-3/h5-9H,4,10H2,1-3H3,(H,16,17,18). The second-order valence-corrected chi connectivity index (χ2v) is 4.38. The van der Waals surface area contributed by atoms with E-state index in [9.17, 15) is 0 Å². The topological polar surface area (TPSA) is 47.0 Å². The molecule has 0 fully saturated rings. The lowest BCUT2D eigenvalue weighted by atomic mass is 10.1. The highest BCUT2D eigenvalue weighted by Gasteiger charge is 2.04. The first-order chi connectivity index (χ1) is 9.22. The first-order valence-corrected chi connectivity index (χ1v) is 6.40. The van der Waals surface area contributed by atoms with E-state index in [0.717, 1.165) is 35.0 Å². The van der Waals surface area contributed by atoms with Gasteiger partial charge in [0.15, 0.2) is 5.82 Å². The van der Waals surface area contributed by atoms with Crippen molar-refractivity contribution in [1.82, 2.24) is 9.97 Å². The molecule has 1 aromatic carbocycles. The molecule has 4 heteroatoms. The number of nitrogens with zero attached hydrogens (tertiary/aromatic N) is 2. The molecule has 2 aromatic rings. The van der Waals surface area contributed by atoms with Crippen molar-refractivity contribution < 1.29 is 4.74 Å². The lowest BCUT2D eigenvalue weighted by Crippen LogP contribution is -2.02. The number of hydrogen-bond donors (Lipinski definition) is 1. The van der Waals surface area contributed by atoms with Gasteiger partial charge in [-0.05, 0) is 19.4 Å². The molecule has 0 aliphatic heterocycles. The predicted octanol–water partition coefficient (Wildman–Crippen LogP) is 3.03. The number of benzene rings is 1. The largest absolute Gasteiger partial charge is 0.380 e. The lowest BCUT2D eigenvalue weighted by Gasteiger charge is -2.07. The highest BCUT2D eigenvalue weighted by molar-refractivity contribution is 5.58. The maximum atomic E-state index is 5.10. The molecule has 2 rings (SSSR count). The van der Waals surface area contributed by atoms with Gasteiger partial charge in [-0.3, -0.25) is 0 Å². The Kier molecular flexibility index (Phi) is 4.47. The molecule has 0 amide bonds. The van der Waals surface area contributed by atoms with Gasteiger partial charge in [-0.2, -0.15) is 0 Å². The van der Waals surface area contributed by atoms with Gasteiger partial charge in [0.1, 0.15) is 5.82 Å². The van der Waals surface area contributed by atoms with Crippen LogP contribution in [0.25, 0.3) is 11.4 Å². The third-order valence-electron chi connectivity index (χ3n) is 2.74. The van der Waals surface area contributed by atoms with Crippen LogP contribution >= 0.6 is 0 Å². The molecule has 0 atom stereocenters. The molecule has 1 aromatic heterocycles. The van der Waals surface area contributed by atoms with E-state index in [4.69, 9.17) is 4.74 Å². The van der Waals surface area contributed by atoms with Crippen molar-refractivity contribution in [3.8, 4) is 11.4 Å². The fourth-order valence-corrected chi connectivity index (χ4v) is 1.89. The molecule has 0 bridgehead atoms. The zero-order valence-corrected chi connectivity index (χ0v) is 11.6. The first kappa shape index (κ1) is 13.5. The summed E-state index contributed by atoms with van der Waals surface area (Å²) in [6, 6.07) is 10.1.